The Hall–Kier alpha value is -1.59. The minimum Gasteiger partial charge on any atom is -0.361 e. The zero-order valence-electron chi connectivity index (χ0n) is 11.6. The van der Waals surface area contributed by atoms with Crippen molar-refractivity contribution in [1.82, 2.24) is 10.3 Å². The van der Waals surface area contributed by atoms with E-state index in [4.69, 9.17) is 0 Å². The van der Waals surface area contributed by atoms with Crippen LogP contribution in [0, 0.1) is 6.92 Å². The Kier molecular flexibility index (Phi) is 4.12. The standard InChI is InChI=1S/C16H15BrN2OS/c1-10-8-14(21-15(10)17)16(20)18-7-6-11-9-19-13-5-3-2-4-12(11)13/h2-5,8-9,19H,6-7H2,1H3,(H,18,20). The lowest BCUT2D eigenvalue weighted by Crippen LogP contribution is -2.24. The van der Waals surface area contributed by atoms with Crippen molar-refractivity contribution in [3.8, 4) is 0 Å². The SMILES string of the molecule is Cc1cc(C(=O)NCCc2c[nH]c3ccccc23)sc1Br. The highest BCUT2D eigenvalue weighted by Crippen LogP contribution is 2.27. The molecule has 0 bridgehead atoms. The van der Waals surface area contributed by atoms with Crippen LogP contribution in [0.1, 0.15) is 20.8 Å². The molecule has 3 rings (SSSR count). The fraction of sp³-hybridized carbons (Fsp3) is 0.188. The van der Waals surface area contributed by atoms with Gasteiger partial charge < -0.3 is 10.3 Å². The Balaban J connectivity index is 1.62. The van der Waals surface area contributed by atoms with Gasteiger partial charge in [0.2, 0.25) is 0 Å². The number of amides is 1. The molecule has 1 aromatic carbocycles. The van der Waals surface area contributed by atoms with Gasteiger partial charge in [-0.15, -0.1) is 11.3 Å². The number of para-hydroxylation sites is 1. The van der Waals surface area contributed by atoms with Gasteiger partial charge in [-0.05, 0) is 52.5 Å². The normalized spacial score (nSPS) is 11.0. The molecule has 108 valence electrons. The summed E-state index contributed by atoms with van der Waals surface area (Å²) in [6.45, 7) is 2.62. The molecule has 0 aliphatic heterocycles. The van der Waals surface area contributed by atoms with E-state index in [1.807, 2.05) is 31.3 Å². The highest BCUT2D eigenvalue weighted by atomic mass is 79.9. The summed E-state index contributed by atoms with van der Waals surface area (Å²) < 4.78 is 1.02. The highest BCUT2D eigenvalue weighted by Gasteiger charge is 2.11. The van der Waals surface area contributed by atoms with Crippen LogP contribution in [0.15, 0.2) is 40.3 Å². The number of aromatic amines is 1. The number of fused-ring (bicyclic) bond motifs is 1. The maximum atomic E-state index is 12.1. The van der Waals surface area contributed by atoms with Crippen LogP contribution in [-0.4, -0.2) is 17.4 Å². The molecule has 1 amide bonds. The van der Waals surface area contributed by atoms with Gasteiger partial charge in [-0.1, -0.05) is 18.2 Å². The van der Waals surface area contributed by atoms with Crippen LogP contribution in [0.2, 0.25) is 0 Å². The Morgan fingerprint density at radius 1 is 1.38 bits per heavy atom. The molecule has 0 radical (unpaired) electrons. The average molecular weight is 363 g/mol. The fourth-order valence-corrected chi connectivity index (χ4v) is 3.76. The second kappa shape index (κ2) is 6.03. The molecule has 2 N–H and O–H groups in total. The Morgan fingerprint density at radius 2 is 2.19 bits per heavy atom. The minimum absolute atomic E-state index is 0.00589. The Bertz CT molecular complexity index is 771. The number of carbonyl (C=O) groups excluding carboxylic acids is 1. The molecule has 0 unspecified atom stereocenters. The molecule has 2 heterocycles. The van der Waals surface area contributed by atoms with Crippen LogP contribution in [0.25, 0.3) is 10.9 Å². The topological polar surface area (TPSA) is 44.9 Å². The van der Waals surface area contributed by atoms with Gasteiger partial charge in [-0.2, -0.15) is 0 Å². The van der Waals surface area contributed by atoms with Crippen molar-refractivity contribution in [3.05, 3.63) is 56.3 Å². The maximum Gasteiger partial charge on any atom is 0.261 e. The van der Waals surface area contributed by atoms with Gasteiger partial charge in [0.05, 0.1) is 8.66 Å². The lowest BCUT2D eigenvalue weighted by atomic mass is 10.1. The van der Waals surface area contributed by atoms with E-state index in [1.54, 1.807) is 0 Å². The van der Waals surface area contributed by atoms with Crippen molar-refractivity contribution >= 4 is 44.1 Å². The first-order valence-corrected chi connectivity index (χ1v) is 8.35. The third-order valence-corrected chi connectivity index (χ3v) is 5.57. The lowest BCUT2D eigenvalue weighted by Gasteiger charge is -2.03. The van der Waals surface area contributed by atoms with Gasteiger partial charge in [0.1, 0.15) is 0 Å². The lowest BCUT2D eigenvalue weighted by molar-refractivity contribution is 0.0958. The molecule has 3 aromatic rings. The number of thiophene rings is 1. The van der Waals surface area contributed by atoms with E-state index in [2.05, 4.69) is 38.4 Å². The third-order valence-electron chi connectivity index (χ3n) is 3.44. The second-order valence-corrected chi connectivity index (χ2v) is 7.30. The van der Waals surface area contributed by atoms with Crippen LogP contribution in [0.5, 0.6) is 0 Å². The molecule has 0 aliphatic rings. The van der Waals surface area contributed by atoms with Crippen molar-refractivity contribution in [2.75, 3.05) is 6.54 Å². The smallest absolute Gasteiger partial charge is 0.261 e. The van der Waals surface area contributed by atoms with Gasteiger partial charge >= 0.3 is 0 Å². The van der Waals surface area contributed by atoms with Crippen molar-refractivity contribution in [1.29, 1.82) is 0 Å². The predicted octanol–water partition coefficient (Wildman–Crippen LogP) is 4.27. The van der Waals surface area contributed by atoms with Crippen molar-refractivity contribution in [3.63, 3.8) is 0 Å². The van der Waals surface area contributed by atoms with Crippen molar-refractivity contribution in [2.45, 2.75) is 13.3 Å². The Labute approximate surface area is 135 Å². The molecular weight excluding hydrogens is 348 g/mol. The number of carbonyl (C=O) groups is 1. The molecule has 0 aliphatic carbocycles. The monoisotopic (exact) mass is 362 g/mol. The number of nitrogens with one attached hydrogen (secondary N) is 2. The average Bonchev–Trinajstić information content (AvgIpc) is 3.04. The van der Waals surface area contributed by atoms with Crippen LogP contribution < -0.4 is 5.32 Å². The van der Waals surface area contributed by atoms with E-state index < -0.39 is 0 Å². The van der Waals surface area contributed by atoms with Crippen LogP contribution >= 0.6 is 27.3 Å². The summed E-state index contributed by atoms with van der Waals surface area (Å²) >= 11 is 4.92. The first-order valence-electron chi connectivity index (χ1n) is 6.74. The number of aromatic nitrogens is 1. The molecule has 0 fully saturated rings. The van der Waals surface area contributed by atoms with Gasteiger partial charge in [-0.25, -0.2) is 0 Å². The zero-order chi connectivity index (χ0) is 14.8. The number of aryl methyl sites for hydroxylation is 1. The predicted molar refractivity (Wildman–Crippen MR) is 91.1 cm³/mol. The van der Waals surface area contributed by atoms with E-state index in [-0.39, 0.29) is 5.91 Å². The number of H-pyrrole nitrogens is 1. The van der Waals surface area contributed by atoms with Gasteiger partial charge in [0.25, 0.3) is 5.91 Å². The molecule has 21 heavy (non-hydrogen) atoms. The van der Waals surface area contributed by atoms with E-state index in [9.17, 15) is 4.79 Å². The largest absolute Gasteiger partial charge is 0.361 e. The molecule has 2 aromatic heterocycles. The molecule has 3 nitrogen and oxygen atoms in total. The van der Waals surface area contributed by atoms with Crippen LogP contribution in [0.4, 0.5) is 0 Å². The van der Waals surface area contributed by atoms with Crippen molar-refractivity contribution < 1.29 is 4.79 Å². The van der Waals surface area contributed by atoms with Gasteiger partial charge in [0, 0.05) is 23.6 Å². The fourth-order valence-electron chi connectivity index (χ4n) is 2.31. The minimum atomic E-state index is -0.00589. The van der Waals surface area contributed by atoms with Crippen LogP contribution in [-0.2, 0) is 6.42 Å². The number of hydrogen-bond acceptors (Lipinski definition) is 2. The number of halogens is 1. The first-order chi connectivity index (χ1) is 10.1. The third kappa shape index (κ3) is 3.04. The summed E-state index contributed by atoms with van der Waals surface area (Å²) in [4.78, 5) is 16.1. The zero-order valence-corrected chi connectivity index (χ0v) is 14.0. The summed E-state index contributed by atoms with van der Waals surface area (Å²) in [5.41, 5.74) is 3.47. The number of rotatable bonds is 4. The highest BCUT2D eigenvalue weighted by molar-refractivity contribution is 9.11. The summed E-state index contributed by atoms with van der Waals surface area (Å²) in [5, 5.41) is 4.20. The van der Waals surface area contributed by atoms with Gasteiger partial charge in [-0.3, -0.25) is 4.79 Å². The number of benzene rings is 1. The van der Waals surface area contributed by atoms with E-state index in [0.717, 1.165) is 26.2 Å². The molecular formula is C16H15BrN2OS. The molecule has 0 atom stereocenters. The summed E-state index contributed by atoms with van der Waals surface area (Å²) in [6.07, 6.45) is 2.84. The quantitative estimate of drug-likeness (QED) is 0.714. The van der Waals surface area contributed by atoms with E-state index in [1.165, 1.54) is 22.3 Å². The summed E-state index contributed by atoms with van der Waals surface area (Å²) in [5.74, 6) is -0.00589. The molecule has 0 saturated heterocycles. The van der Waals surface area contributed by atoms with Crippen LogP contribution in [0.3, 0.4) is 0 Å². The summed E-state index contributed by atoms with van der Waals surface area (Å²) in [7, 11) is 0. The van der Waals surface area contributed by atoms with E-state index in [0.29, 0.717) is 6.54 Å². The molecule has 0 saturated carbocycles. The number of hydrogen-bond donors (Lipinski definition) is 2. The second-order valence-electron chi connectivity index (χ2n) is 4.93. The Morgan fingerprint density at radius 3 is 2.95 bits per heavy atom. The summed E-state index contributed by atoms with van der Waals surface area (Å²) in [6, 6.07) is 10.1. The first kappa shape index (κ1) is 14.4. The van der Waals surface area contributed by atoms with E-state index >= 15 is 0 Å². The molecule has 0 spiro atoms. The van der Waals surface area contributed by atoms with Gasteiger partial charge in [0.15, 0.2) is 0 Å². The van der Waals surface area contributed by atoms with Crippen molar-refractivity contribution in [2.24, 2.45) is 0 Å². The maximum absolute atomic E-state index is 12.1. The molecule has 5 heteroatoms.